The maximum absolute atomic E-state index is 12.2. The van der Waals surface area contributed by atoms with Crippen LogP contribution in [-0.2, 0) is 16.0 Å². The van der Waals surface area contributed by atoms with Crippen LogP contribution in [0.4, 0.5) is 10.5 Å². The van der Waals surface area contributed by atoms with Gasteiger partial charge in [-0.1, -0.05) is 18.2 Å². The first-order chi connectivity index (χ1) is 9.16. The zero-order valence-corrected chi connectivity index (χ0v) is 10.3. The molecule has 6 nitrogen and oxygen atoms in total. The molecule has 0 bridgehead atoms. The van der Waals surface area contributed by atoms with E-state index in [1.165, 1.54) is 0 Å². The van der Waals surface area contributed by atoms with Crippen LogP contribution in [0, 0.1) is 0 Å². The standard InChI is InChI=1S/C13H13N3O3/c17-11-7-14-13(19)16(11)8-12(18)15-6-5-9-3-1-2-4-10(9)15/h1-4H,5-8H2,(H,14,19). The molecule has 1 aromatic carbocycles. The largest absolute Gasteiger partial charge is 0.329 e. The Balaban J connectivity index is 1.76. The number of carbonyl (C=O) groups excluding carboxylic acids is 3. The second-order valence-electron chi connectivity index (χ2n) is 4.56. The summed E-state index contributed by atoms with van der Waals surface area (Å²) in [5.41, 5.74) is 1.99. The van der Waals surface area contributed by atoms with Crippen molar-refractivity contribution in [2.45, 2.75) is 6.42 Å². The van der Waals surface area contributed by atoms with Crippen LogP contribution in [-0.4, -0.2) is 42.4 Å². The van der Waals surface area contributed by atoms with Crippen molar-refractivity contribution in [3.05, 3.63) is 29.8 Å². The fourth-order valence-corrected chi connectivity index (χ4v) is 2.43. The van der Waals surface area contributed by atoms with Crippen LogP contribution in [0.2, 0.25) is 0 Å². The summed E-state index contributed by atoms with van der Waals surface area (Å²) >= 11 is 0. The normalized spacial score (nSPS) is 17.7. The molecular weight excluding hydrogens is 246 g/mol. The lowest BCUT2D eigenvalue weighted by Crippen LogP contribution is -2.42. The molecule has 98 valence electrons. The monoisotopic (exact) mass is 259 g/mol. The highest BCUT2D eigenvalue weighted by Crippen LogP contribution is 2.27. The van der Waals surface area contributed by atoms with Crippen molar-refractivity contribution in [1.82, 2.24) is 10.2 Å². The average molecular weight is 259 g/mol. The summed E-state index contributed by atoms with van der Waals surface area (Å²) in [6.45, 7) is 0.379. The van der Waals surface area contributed by atoms with Gasteiger partial charge >= 0.3 is 6.03 Å². The number of nitrogens with one attached hydrogen (secondary N) is 1. The van der Waals surface area contributed by atoms with Crippen molar-refractivity contribution in [2.75, 3.05) is 24.5 Å². The Morgan fingerprint density at radius 3 is 2.79 bits per heavy atom. The third kappa shape index (κ3) is 1.95. The van der Waals surface area contributed by atoms with Crippen molar-refractivity contribution in [2.24, 2.45) is 0 Å². The van der Waals surface area contributed by atoms with Gasteiger partial charge in [0.15, 0.2) is 0 Å². The molecule has 1 saturated heterocycles. The first-order valence-electron chi connectivity index (χ1n) is 6.13. The van der Waals surface area contributed by atoms with E-state index < -0.39 is 6.03 Å². The van der Waals surface area contributed by atoms with Gasteiger partial charge in [0.05, 0.1) is 6.54 Å². The van der Waals surface area contributed by atoms with E-state index in [-0.39, 0.29) is 24.9 Å². The van der Waals surface area contributed by atoms with Crippen molar-refractivity contribution >= 4 is 23.5 Å². The Bertz CT molecular complexity index is 554. The molecule has 2 aliphatic heterocycles. The van der Waals surface area contributed by atoms with E-state index in [9.17, 15) is 14.4 Å². The molecule has 1 N–H and O–H groups in total. The molecule has 2 heterocycles. The van der Waals surface area contributed by atoms with Gasteiger partial charge in [0, 0.05) is 12.2 Å². The van der Waals surface area contributed by atoms with Crippen molar-refractivity contribution in [1.29, 1.82) is 0 Å². The van der Waals surface area contributed by atoms with Crippen LogP contribution >= 0.6 is 0 Å². The highest BCUT2D eigenvalue weighted by atomic mass is 16.2. The summed E-state index contributed by atoms with van der Waals surface area (Å²) in [6, 6.07) is 7.18. The van der Waals surface area contributed by atoms with Gasteiger partial charge in [-0.2, -0.15) is 0 Å². The van der Waals surface area contributed by atoms with Crippen LogP contribution in [0.15, 0.2) is 24.3 Å². The van der Waals surface area contributed by atoms with Crippen molar-refractivity contribution in [3.8, 4) is 0 Å². The van der Waals surface area contributed by atoms with E-state index in [1.54, 1.807) is 4.90 Å². The number of carbonyl (C=O) groups is 3. The van der Waals surface area contributed by atoms with E-state index in [0.717, 1.165) is 22.6 Å². The number of urea groups is 1. The number of hydrogen-bond donors (Lipinski definition) is 1. The summed E-state index contributed by atoms with van der Waals surface area (Å²) in [7, 11) is 0. The molecule has 1 aromatic rings. The lowest BCUT2D eigenvalue weighted by Gasteiger charge is -2.20. The van der Waals surface area contributed by atoms with Gasteiger partial charge in [0.2, 0.25) is 5.91 Å². The third-order valence-corrected chi connectivity index (χ3v) is 3.42. The highest BCUT2D eigenvalue weighted by molar-refractivity contribution is 6.07. The second-order valence-corrected chi connectivity index (χ2v) is 4.56. The Morgan fingerprint density at radius 1 is 1.26 bits per heavy atom. The predicted octanol–water partition coefficient (Wildman–Crippen LogP) is 0.128. The first kappa shape index (κ1) is 11.7. The molecule has 0 radical (unpaired) electrons. The summed E-state index contributed by atoms with van der Waals surface area (Å²) in [5, 5.41) is 2.40. The molecule has 0 aliphatic carbocycles. The summed E-state index contributed by atoms with van der Waals surface area (Å²) in [5.74, 6) is -0.582. The van der Waals surface area contributed by atoms with E-state index in [1.807, 2.05) is 24.3 Å². The van der Waals surface area contributed by atoms with E-state index in [2.05, 4.69) is 5.32 Å². The van der Waals surface area contributed by atoms with Crippen LogP contribution in [0.1, 0.15) is 5.56 Å². The van der Waals surface area contributed by atoms with Crippen LogP contribution in [0.3, 0.4) is 0 Å². The number of para-hydroxylation sites is 1. The van der Waals surface area contributed by atoms with Gasteiger partial charge in [0.1, 0.15) is 6.54 Å². The highest BCUT2D eigenvalue weighted by Gasteiger charge is 2.33. The van der Waals surface area contributed by atoms with Gasteiger partial charge in [-0.05, 0) is 18.1 Å². The fourth-order valence-electron chi connectivity index (χ4n) is 2.43. The average Bonchev–Trinajstić information content (AvgIpc) is 2.97. The zero-order chi connectivity index (χ0) is 13.4. The Labute approximate surface area is 110 Å². The van der Waals surface area contributed by atoms with E-state index >= 15 is 0 Å². The summed E-state index contributed by atoms with van der Waals surface area (Å²) in [4.78, 5) is 37.7. The smallest absolute Gasteiger partial charge is 0.325 e. The Morgan fingerprint density at radius 2 is 2.05 bits per heavy atom. The molecule has 0 saturated carbocycles. The fraction of sp³-hybridized carbons (Fsp3) is 0.308. The van der Waals surface area contributed by atoms with Crippen molar-refractivity contribution in [3.63, 3.8) is 0 Å². The van der Waals surface area contributed by atoms with Crippen LogP contribution in [0.25, 0.3) is 0 Å². The molecule has 4 amide bonds. The quantitative estimate of drug-likeness (QED) is 0.767. The zero-order valence-electron chi connectivity index (χ0n) is 10.3. The first-order valence-corrected chi connectivity index (χ1v) is 6.13. The number of imide groups is 1. The molecule has 0 atom stereocenters. The molecular formula is C13H13N3O3. The van der Waals surface area contributed by atoms with Gasteiger partial charge < -0.3 is 10.2 Å². The molecule has 1 fully saturated rings. The Hall–Kier alpha value is -2.37. The van der Waals surface area contributed by atoms with Crippen LogP contribution < -0.4 is 10.2 Å². The second kappa shape index (κ2) is 4.38. The SMILES string of the molecule is O=C1CNC(=O)N1CC(=O)N1CCc2ccccc21. The number of nitrogens with zero attached hydrogens (tertiary/aromatic N) is 2. The Kier molecular flexibility index (Phi) is 2.70. The van der Waals surface area contributed by atoms with Gasteiger partial charge in [0.25, 0.3) is 5.91 Å². The van der Waals surface area contributed by atoms with Gasteiger partial charge in [-0.15, -0.1) is 0 Å². The predicted molar refractivity (Wildman–Crippen MR) is 67.6 cm³/mol. The molecule has 0 spiro atoms. The molecule has 19 heavy (non-hydrogen) atoms. The number of anilines is 1. The third-order valence-electron chi connectivity index (χ3n) is 3.42. The minimum atomic E-state index is -0.495. The van der Waals surface area contributed by atoms with Crippen LogP contribution in [0.5, 0.6) is 0 Å². The molecule has 0 aromatic heterocycles. The van der Waals surface area contributed by atoms with E-state index in [4.69, 9.17) is 0 Å². The van der Waals surface area contributed by atoms with E-state index in [0.29, 0.717) is 6.54 Å². The molecule has 6 heteroatoms. The number of amides is 4. The number of rotatable bonds is 2. The van der Waals surface area contributed by atoms with Gasteiger partial charge in [-0.25, -0.2) is 4.79 Å². The minimum Gasteiger partial charge on any atom is -0.329 e. The lowest BCUT2D eigenvalue weighted by molar-refractivity contribution is -0.129. The molecule has 3 rings (SSSR count). The summed E-state index contributed by atoms with van der Waals surface area (Å²) < 4.78 is 0. The molecule has 0 unspecified atom stereocenters. The van der Waals surface area contributed by atoms with Crippen molar-refractivity contribution < 1.29 is 14.4 Å². The lowest BCUT2D eigenvalue weighted by atomic mass is 10.2. The topological polar surface area (TPSA) is 69.7 Å². The van der Waals surface area contributed by atoms with Gasteiger partial charge in [-0.3, -0.25) is 14.5 Å². The summed E-state index contributed by atoms with van der Waals surface area (Å²) in [6.07, 6.45) is 0.808. The number of fused-ring (bicyclic) bond motifs is 1. The molecule has 2 aliphatic rings. The number of hydrogen-bond acceptors (Lipinski definition) is 3. The number of benzene rings is 1. The maximum atomic E-state index is 12.2. The minimum absolute atomic E-state index is 0.0251. The maximum Gasteiger partial charge on any atom is 0.325 e.